The van der Waals surface area contributed by atoms with Gasteiger partial charge < -0.3 is 58.5 Å². The second-order valence-corrected chi connectivity index (χ2v) is 17.3. The lowest BCUT2D eigenvalue weighted by molar-refractivity contribution is -0.319. The number of aliphatic hydroxyl groups excluding tert-OH is 2. The molecule has 0 saturated carbocycles. The fourth-order valence-corrected chi connectivity index (χ4v) is 8.76. The van der Waals surface area contributed by atoms with Crippen molar-refractivity contribution >= 4 is 17.7 Å². The van der Waals surface area contributed by atoms with Crippen molar-refractivity contribution in [2.24, 2.45) is 23.7 Å². The van der Waals surface area contributed by atoms with Crippen molar-refractivity contribution in [2.45, 2.75) is 193 Å². The van der Waals surface area contributed by atoms with E-state index in [0.717, 1.165) is 0 Å². The second kappa shape index (κ2) is 18.9. The van der Waals surface area contributed by atoms with Gasteiger partial charge in [-0.05, 0) is 74.9 Å². The largest absolute Gasteiger partial charge is 0.459 e. The van der Waals surface area contributed by atoms with Crippen LogP contribution in [-0.4, -0.2) is 149 Å². The maximum absolute atomic E-state index is 14.2. The van der Waals surface area contributed by atoms with Gasteiger partial charge in [-0.15, -0.1) is 0 Å². The fraction of sp³-hybridized carbons (Fsp3) is 0.925. The SMILES string of the molecule is CCC(=O)O[C@H]1[C@H](O[C@@H]2C(C)[C@H](O[C@@H]3C[C@](C)(OC)[C@H](O)[C@@H](C)O3)[C@@H](C)C(=O)O[C@H](CC)[C@@](C)(O)[C@H](O)[C@@H](C)C(=O)[C@H](C)C[C@@]2(C)O)O[C@H](C)C[C@@H]1N(C)C. The summed E-state index contributed by atoms with van der Waals surface area (Å²) in [6, 6.07) is -0.319. The average Bonchev–Trinajstić information content (AvgIpc) is 3.11. The van der Waals surface area contributed by atoms with Crippen molar-refractivity contribution in [2.75, 3.05) is 21.2 Å². The topological polar surface area (TPSA) is 200 Å². The molecule has 0 radical (unpaired) electrons. The van der Waals surface area contributed by atoms with Crippen LogP contribution in [0, 0.1) is 23.7 Å². The minimum atomic E-state index is -2.01. The van der Waals surface area contributed by atoms with E-state index in [9.17, 15) is 34.8 Å². The Morgan fingerprint density at radius 2 is 1.51 bits per heavy atom. The second-order valence-electron chi connectivity index (χ2n) is 17.3. The minimum absolute atomic E-state index is 0.0760. The number of rotatable bonds is 9. The number of aliphatic hydroxyl groups is 4. The third-order valence-corrected chi connectivity index (χ3v) is 12.4. The summed E-state index contributed by atoms with van der Waals surface area (Å²) < 4.78 is 43.6. The number of hydrogen-bond acceptors (Lipinski definition) is 15. The van der Waals surface area contributed by atoms with Crippen LogP contribution in [0.15, 0.2) is 0 Å². The van der Waals surface area contributed by atoms with Gasteiger partial charge >= 0.3 is 11.9 Å². The number of ether oxygens (including phenoxy) is 7. The molecular weight excluding hydrogens is 718 g/mol. The first-order valence-corrected chi connectivity index (χ1v) is 19.9. The molecule has 0 spiro atoms. The van der Waals surface area contributed by atoms with Gasteiger partial charge in [0.05, 0.1) is 53.7 Å². The maximum atomic E-state index is 14.2. The van der Waals surface area contributed by atoms with Gasteiger partial charge in [0.15, 0.2) is 18.7 Å². The number of esters is 2. The summed E-state index contributed by atoms with van der Waals surface area (Å²) in [6.45, 7) is 18.0. The van der Waals surface area contributed by atoms with E-state index < -0.39 is 114 Å². The molecule has 0 aromatic heterocycles. The van der Waals surface area contributed by atoms with Crippen LogP contribution in [0.25, 0.3) is 0 Å². The van der Waals surface area contributed by atoms with Gasteiger partial charge in [0.1, 0.15) is 23.6 Å². The van der Waals surface area contributed by atoms with E-state index in [4.69, 9.17) is 33.2 Å². The van der Waals surface area contributed by atoms with Crippen LogP contribution in [-0.2, 0) is 47.5 Å². The summed E-state index contributed by atoms with van der Waals surface area (Å²) in [5, 5.41) is 46.6. The van der Waals surface area contributed by atoms with Gasteiger partial charge in [-0.3, -0.25) is 14.4 Å². The quantitative estimate of drug-likeness (QED) is 0.249. The summed E-state index contributed by atoms with van der Waals surface area (Å²) in [4.78, 5) is 42.9. The van der Waals surface area contributed by atoms with E-state index in [-0.39, 0.29) is 37.8 Å². The highest BCUT2D eigenvalue weighted by Crippen LogP contribution is 2.41. The Bertz CT molecular complexity index is 1290. The minimum Gasteiger partial charge on any atom is -0.459 e. The van der Waals surface area contributed by atoms with Crippen LogP contribution in [0.1, 0.15) is 108 Å². The molecule has 55 heavy (non-hydrogen) atoms. The van der Waals surface area contributed by atoms with Gasteiger partial charge in [-0.2, -0.15) is 0 Å². The molecule has 0 bridgehead atoms. The monoisotopic (exact) mass is 789 g/mol. The van der Waals surface area contributed by atoms with Gasteiger partial charge in [0.25, 0.3) is 0 Å². The predicted molar refractivity (Wildman–Crippen MR) is 200 cm³/mol. The lowest BCUT2D eigenvalue weighted by atomic mass is 9.74. The average molecular weight is 790 g/mol. The summed E-state index contributed by atoms with van der Waals surface area (Å²) in [5.41, 5.74) is -4.92. The number of carbonyl (C=O) groups is 3. The van der Waals surface area contributed by atoms with Crippen molar-refractivity contribution in [1.82, 2.24) is 4.90 Å². The zero-order valence-electron chi connectivity index (χ0n) is 35.5. The molecule has 15 heteroatoms. The molecule has 3 aliphatic heterocycles. The smallest absolute Gasteiger partial charge is 0.311 e. The molecule has 0 aromatic rings. The summed E-state index contributed by atoms with van der Waals surface area (Å²) in [6.07, 6.45) is -9.68. The molecule has 4 N–H and O–H groups in total. The zero-order chi connectivity index (χ0) is 42.0. The summed E-state index contributed by atoms with van der Waals surface area (Å²) in [7, 11) is 5.21. The predicted octanol–water partition coefficient (Wildman–Crippen LogP) is 2.75. The van der Waals surface area contributed by atoms with Crippen molar-refractivity contribution in [3.8, 4) is 0 Å². The summed E-state index contributed by atoms with van der Waals surface area (Å²) in [5.74, 6) is -5.59. The van der Waals surface area contributed by atoms with E-state index in [2.05, 4.69) is 0 Å². The third-order valence-electron chi connectivity index (χ3n) is 12.4. The highest BCUT2D eigenvalue weighted by Gasteiger charge is 2.54. The first-order valence-electron chi connectivity index (χ1n) is 19.9. The van der Waals surface area contributed by atoms with Gasteiger partial charge in [0.2, 0.25) is 0 Å². The normalized spacial score (nSPS) is 46.9. The van der Waals surface area contributed by atoms with Crippen LogP contribution in [0.5, 0.6) is 0 Å². The Kier molecular flexibility index (Phi) is 16.3. The molecule has 3 fully saturated rings. The van der Waals surface area contributed by atoms with E-state index in [1.54, 1.807) is 48.5 Å². The Balaban J connectivity index is 2.24. The molecule has 3 heterocycles. The molecule has 0 aliphatic carbocycles. The molecule has 3 aliphatic rings. The first-order chi connectivity index (χ1) is 25.4. The third kappa shape index (κ3) is 10.6. The number of ketones is 1. The molecule has 3 saturated heterocycles. The van der Waals surface area contributed by atoms with E-state index >= 15 is 0 Å². The molecule has 1 unspecified atom stereocenters. The fourth-order valence-electron chi connectivity index (χ4n) is 8.76. The Labute approximate surface area is 327 Å². The van der Waals surface area contributed by atoms with E-state index in [1.165, 1.54) is 27.9 Å². The Morgan fingerprint density at radius 1 is 0.891 bits per heavy atom. The van der Waals surface area contributed by atoms with Crippen LogP contribution >= 0.6 is 0 Å². The number of nitrogens with zero attached hydrogens (tertiary/aromatic N) is 1. The first kappa shape index (κ1) is 47.6. The lowest BCUT2D eigenvalue weighted by Gasteiger charge is -2.49. The number of cyclic esters (lactones) is 1. The van der Waals surface area contributed by atoms with Gasteiger partial charge in [0, 0.05) is 37.7 Å². The number of hydrogen-bond donors (Lipinski definition) is 4. The highest BCUT2D eigenvalue weighted by molar-refractivity contribution is 5.83. The van der Waals surface area contributed by atoms with E-state index in [0.29, 0.717) is 6.42 Å². The Hall–Kier alpha value is -1.79. The number of methoxy groups -OCH3 is 1. The summed E-state index contributed by atoms with van der Waals surface area (Å²) >= 11 is 0. The number of likely N-dealkylation sites (N-methyl/N-ethyl adjacent to an activating group) is 1. The van der Waals surface area contributed by atoms with Crippen molar-refractivity contribution in [3.63, 3.8) is 0 Å². The Morgan fingerprint density at radius 3 is 2.05 bits per heavy atom. The van der Waals surface area contributed by atoms with Crippen molar-refractivity contribution in [1.29, 1.82) is 0 Å². The van der Waals surface area contributed by atoms with Crippen molar-refractivity contribution < 1.29 is 68.0 Å². The zero-order valence-corrected chi connectivity index (χ0v) is 35.5. The molecule has 320 valence electrons. The van der Waals surface area contributed by atoms with Gasteiger partial charge in [-0.1, -0.05) is 34.6 Å². The molecule has 0 amide bonds. The highest BCUT2D eigenvalue weighted by atomic mass is 16.7. The molecule has 0 aromatic carbocycles. The lowest BCUT2D eigenvalue weighted by Crippen LogP contribution is -2.61. The standard InChI is InChI=1S/C40H71NO14/c1-15-27-40(11,48)33(44)22(5)30(43)20(3)18-38(9,47)35(55-37-32(53-28(42)16-2)26(41(12)13)17-21(4)50-37)23(6)31(24(7)36(46)52-27)54-29-19-39(10,49-14)34(45)25(8)51-29/h20-27,29,31-35,37,44-45,47-48H,15-19H2,1-14H3/t20-,21-,22+,23?,24-,25-,26+,27-,29-,31+,32-,33-,34-,35-,37+,38-,39+,40-/m1/s1. The maximum Gasteiger partial charge on any atom is 0.311 e. The molecular formula is C40H71NO14. The van der Waals surface area contributed by atoms with Crippen molar-refractivity contribution in [3.05, 3.63) is 0 Å². The molecule has 18 atom stereocenters. The van der Waals surface area contributed by atoms with Gasteiger partial charge in [-0.25, -0.2) is 0 Å². The van der Waals surface area contributed by atoms with Crippen LogP contribution < -0.4 is 0 Å². The van der Waals surface area contributed by atoms with Crippen LogP contribution in [0.2, 0.25) is 0 Å². The molecule has 3 rings (SSSR count). The van der Waals surface area contributed by atoms with E-state index in [1.807, 2.05) is 25.9 Å². The molecule has 15 nitrogen and oxygen atoms in total. The number of Topliss-reactive ketones (excluding diaryl/α,β-unsaturated/α-hetero) is 1. The van der Waals surface area contributed by atoms with Crippen LogP contribution in [0.3, 0.4) is 0 Å². The van der Waals surface area contributed by atoms with Crippen LogP contribution in [0.4, 0.5) is 0 Å². The number of carbonyl (C=O) groups excluding carboxylic acids is 3.